The van der Waals surface area contributed by atoms with Crippen molar-refractivity contribution in [3.8, 4) is 11.5 Å². The predicted octanol–water partition coefficient (Wildman–Crippen LogP) is 3.70. The Labute approximate surface area is 175 Å². The fraction of sp³-hybridized carbons (Fsp3) is 0.0588. The maximum Gasteiger partial charge on any atom is 0.339 e. The summed E-state index contributed by atoms with van der Waals surface area (Å²) in [7, 11) is -2.83. The lowest BCUT2D eigenvalue weighted by molar-refractivity contribution is -0.113. The number of carbonyl (C=O) groups excluding carboxylic acids is 1. The molecule has 1 amide bonds. The molecule has 0 saturated heterocycles. The summed E-state index contributed by atoms with van der Waals surface area (Å²) < 4.78 is 35.4. The molecule has 2 N–H and O–H groups in total. The normalized spacial score (nSPS) is 15.6. The zero-order valence-electron chi connectivity index (χ0n) is 14.2. The van der Waals surface area contributed by atoms with Gasteiger partial charge < -0.3 is 14.7 Å². The largest absolute Gasteiger partial charge is 0.493 e. The first-order valence-corrected chi connectivity index (χ1v) is 10.5. The molecule has 0 aliphatic carbocycles. The number of nitrogens with two attached hydrogens (primary N) is 1. The van der Waals surface area contributed by atoms with Gasteiger partial charge in [-0.3, -0.25) is 4.79 Å². The zero-order chi connectivity index (χ0) is 20.5. The number of carbonyl (C=O) groups is 1. The van der Waals surface area contributed by atoms with Gasteiger partial charge in [-0.05, 0) is 59.8 Å². The first kappa shape index (κ1) is 20.5. The number of benzene rings is 2. The SMILES string of the molecule is COc1cc(/C=C2/SC(N)=NC2=O)cc(Cl)c1OS(=O)(=O)c1ccc(Cl)cc1. The molecule has 0 radical (unpaired) electrons. The molecule has 0 spiro atoms. The third-order valence-electron chi connectivity index (χ3n) is 3.48. The highest BCUT2D eigenvalue weighted by Gasteiger charge is 2.23. The molecule has 0 fully saturated rings. The molecule has 0 saturated carbocycles. The lowest BCUT2D eigenvalue weighted by atomic mass is 10.2. The molecule has 0 atom stereocenters. The van der Waals surface area contributed by atoms with Crippen molar-refractivity contribution in [3.05, 3.63) is 56.9 Å². The van der Waals surface area contributed by atoms with Crippen LogP contribution in [0.2, 0.25) is 10.0 Å². The molecule has 3 rings (SSSR count). The third kappa shape index (κ3) is 4.44. The summed E-state index contributed by atoms with van der Waals surface area (Å²) in [5, 5.41) is 0.507. The Hall–Kier alpha value is -2.20. The Morgan fingerprint density at radius 1 is 1.18 bits per heavy atom. The van der Waals surface area contributed by atoms with E-state index in [0.717, 1.165) is 11.8 Å². The van der Waals surface area contributed by atoms with Crippen molar-refractivity contribution in [2.75, 3.05) is 7.11 Å². The number of methoxy groups -OCH3 is 1. The molecular weight excluding hydrogens is 447 g/mol. The van der Waals surface area contributed by atoms with Crippen LogP contribution in [-0.4, -0.2) is 26.6 Å². The lowest BCUT2D eigenvalue weighted by Crippen LogP contribution is -2.10. The van der Waals surface area contributed by atoms with Crippen LogP contribution in [-0.2, 0) is 14.9 Å². The van der Waals surface area contributed by atoms with E-state index in [-0.39, 0.29) is 26.6 Å². The molecule has 1 aliphatic heterocycles. The molecule has 1 heterocycles. The number of hydrogen-bond acceptors (Lipinski definition) is 7. The molecule has 7 nitrogen and oxygen atoms in total. The van der Waals surface area contributed by atoms with Gasteiger partial charge in [0.25, 0.3) is 5.91 Å². The Balaban J connectivity index is 1.95. The van der Waals surface area contributed by atoms with Crippen molar-refractivity contribution in [1.82, 2.24) is 0 Å². The molecule has 28 heavy (non-hydrogen) atoms. The average molecular weight is 459 g/mol. The number of amides is 1. The van der Waals surface area contributed by atoms with Gasteiger partial charge in [0.15, 0.2) is 10.9 Å². The van der Waals surface area contributed by atoms with E-state index in [9.17, 15) is 13.2 Å². The molecule has 2 aromatic carbocycles. The van der Waals surface area contributed by atoms with Gasteiger partial charge in [0, 0.05) is 5.02 Å². The molecule has 146 valence electrons. The van der Waals surface area contributed by atoms with Crippen LogP contribution in [0.3, 0.4) is 0 Å². The van der Waals surface area contributed by atoms with Gasteiger partial charge in [-0.15, -0.1) is 0 Å². The predicted molar refractivity (Wildman–Crippen MR) is 109 cm³/mol. The summed E-state index contributed by atoms with van der Waals surface area (Å²) in [5.74, 6) is -0.577. The van der Waals surface area contributed by atoms with Crippen molar-refractivity contribution in [1.29, 1.82) is 0 Å². The van der Waals surface area contributed by atoms with Crippen molar-refractivity contribution in [3.63, 3.8) is 0 Å². The zero-order valence-corrected chi connectivity index (χ0v) is 17.3. The van der Waals surface area contributed by atoms with E-state index in [2.05, 4.69) is 4.99 Å². The highest BCUT2D eigenvalue weighted by Crippen LogP contribution is 2.39. The van der Waals surface area contributed by atoms with Gasteiger partial charge in [-0.2, -0.15) is 13.4 Å². The van der Waals surface area contributed by atoms with Gasteiger partial charge in [-0.1, -0.05) is 23.2 Å². The third-order valence-corrected chi connectivity index (χ3v) is 6.06. The van der Waals surface area contributed by atoms with E-state index in [1.807, 2.05) is 0 Å². The lowest BCUT2D eigenvalue weighted by Gasteiger charge is -2.13. The van der Waals surface area contributed by atoms with E-state index >= 15 is 0 Å². The van der Waals surface area contributed by atoms with Gasteiger partial charge in [0.1, 0.15) is 4.90 Å². The molecule has 0 bridgehead atoms. The quantitative estimate of drug-likeness (QED) is 0.537. The number of nitrogens with zero attached hydrogens (tertiary/aromatic N) is 1. The Bertz CT molecular complexity index is 1110. The molecule has 11 heteroatoms. The molecule has 0 unspecified atom stereocenters. The van der Waals surface area contributed by atoms with E-state index in [4.69, 9.17) is 37.9 Å². The summed E-state index contributed by atoms with van der Waals surface area (Å²) in [6.45, 7) is 0. The second kappa shape index (κ2) is 8.04. The maximum absolute atomic E-state index is 12.5. The minimum Gasteiger partial charge on any atom is -0.493 e. The average Bonchev–Trinajstić information content (AvgIpc) is 2.94. The fourth-order valence-corrected chi connectivity index (χ4v) is 4.31. The van der Waals surface area contributed by atoms with Crippen LogP contribution < -0.4 is 14.7 Å². The van der Waals surface area contributed by atoms with Crippen LogP contribution >= 0.6 is 35.0 Å². The summed E-state index contributed by atoms with van der Waals surface area (Å²) in [4.78, 5) is 15.5. The Morgan fingerprint density at radius 2 is 1.86 bits per heavy atom. The summed E-state index contributed by atoms with van der Waals surface area (Å²) in [5.41, 5.74) is 6.00. The summed E-state index contributed by atoms with van der Waals surface area (Å²) in [6, 6.07) is 8.39. The monoisotopic (exact) mass is 458 g/mol. The van der Waals surface area contributed by atoms with Crippen molar-refractivity contribution in [2.24, 2.45) is 10.7 Å². The second-order valence-corrected chi connectivity index (χ2v) is 8.84. The minimum absolute atomic E-state index is 0.0203. The van der Waals surface area contributed by atoms with E-state index in [0.29, 0.717) is 15.5 Å². The smallest absolute Gasteiger partial charge is 0.339 e. The topological polar surface area (TPSA) is 108 Å². The summed E-state index contributed by atoms with van der Waals surface area (Å²) in [6.07, 6.45) is 1.52. The maximum atomic E-state index is 12.5. The number of halogens is 2. The second-order valence-electron chi connectivity index (χ2n) is 5.39. The van der Waals surface area contributed by atoms with Crippen LogP contribution in [0, 0.1) is 0 Å². The number of hydrogen-bond donors (Lipinski definition) is 1. The van der Waals surface area contributed by atoms with Gasteiger partial charge in [0.05, 0.1) is 17.0 Å². The number of amidine groups is 1. The number of thioether (sulfide) groups is 1. The minimum atomic E-state index is -4.17. The fourth-order valence-electron chi connectivity index (χ4n) is 2.24. The van der Waals surface area contributed by atoms with Crippen LogP contribution in [0.4, 0.5) is 0 Å². The van der Waals surface area contributed by atoms with Crippen molar-refractivity contribution in [2.45, 2.75) is 4.90 Å². The number of rotatable bonds is 5. The molecule has 2 aromatic rings. The highest BCUT2D eigenvalue weighted by atomic mass is 35.5. The van der Waals surface area contributed by atoms with Crippen LogP contribution in [0.15, 0.2) is 51.2 Å². The van der Waals surface area contributed by atoms with E-state index < -0.39 is 16.0 Å². The number of ether oxygens (including phenoxy) is 1. The van der Waals surface area contributed by atoms with Crippen LogP contribution in [0.5, 0.6) is 11.5 Å². The van der Waals surface area contributed by atoms with Gasteiger partial charge >= 0.3 is 10.1 Å². The van der Waals surface area contributed by atoms with Crippen LogP contribution in [0.25, 0.3) is 6.08 Å². The molecule has 1 aliphatic rings. The van der Waals surface area contributed by atoms with Crippen molar-refractivity contribution < 1.29 is 22.1 Å². The first-order valence-electron chi connectivity index (χ1n) is 7.55. The van der Waals surface area contributed by atoms with Gasteiger partial charge in [-0.25, -0.2) is 0 Å². The summed E-state index contributed by atoms with van der Waals surface area (Å²) >= 11 is 13.0. The highest BCUT2D eigenvalue weighted by molar-refractivity contribution is 8.18. The number of aliphatic imine (C=N–C) groups is 1. The van der Waals surface area contributed by atoms with E-state index in [1.165, 1.54) is 49.6 Å². The molecule has 0 aromatic heterocycles. The molecular formula is C17H12Cl2N2O5S2. The standard InChI is InChI=1S/C17H12Cl2N2O5S2/c1-25-13-7-9(8-14-16(22)21-17(20)27-14)6-12(19)15(13)26-28(23,24)11-4-2-10(18)3-5-11/h2-8H,1H3,(H2,20,21,22)/b14-8+. The van der Waals surface area contributed by atoms with E-state index in [1.54, 1.807) is 0 Å². The first-order chi connectivity index (χ1) is 13.2. The van der Waals surface area contributed by atoms with Crippen molar-refractivity contribution >= 4 is 62.2 Å². The van der Waals surface area contributed by atoms with Gasteiger partial charge in [0.2, 0.25) is 5.75 Å². The van der Waals surface area contributed by atoms with Crippen LogP contribution in [0.1, 0.15) is 5.56 Å². The Kier molecular flexibility index (Phi) is 5.90. The Morgan fingerprint density at radius 3 is 2.43 bits per heavy atom.